The van der Waals surface area contributed by atoms with Gasteiger partial charge in [-0.2, -0.15) is 0 Å². The summed E-state index contributed by atoms with van der Waals surface area (Å²) in [6, 6.07) is 0. The van der Waals surface area contributed by atoms with E-state index in [1.54, 1.807) is 0 Å². The van der Waals surface area contributed by atoms with Crippen molar-refractivity contribution in [2.24, 2.45) is 22.7 Å². The molecule has 15 heavy (non-hydrogen) atoms. The average Bonchev–Trinajstić information content (AvgIpc) is 1.94. The van der Waals surface area contributed by atoms with Gasteiger partial charge in [-0.25, -0.2) is 0 Å². The first-order valence-corrected chi connectivity index (χ1v) is 6.44. The van der Waals surface area contributed by atoms with Crippen LogP contribution in [0.25, 0.3) is 0 Å². The van der Waals surface area contributed by atoms with Crippen LogP contribution in [0, 0.1) is 22.7 Å². The third kappa shape index (κ3) is 1.55. The summed E-state index contributed by atoms with van der Waals surface area (Å²) >= 11 is 0. The van der Waals surface area contributed by atoms with Crippen molar-refractivity contribution in [2.45, 2.75) is 59.8 Å². The first kappa shape index (κ1) is 11.2. The summed E-state index contributed by atoms with van der Waals surface area (Å²) in [5, 5.41) is 0. The molecule has 86 valence electrons. The van der Waals surface area contributed by atoms with Gasteiger partial charge in [0.2, 0.25) is 0 Å². The number of hydrogen-bond donors (Lipinski definition) is 0. The van der Waals surface area contributed by atoms with Crippen molar-refractivity contribution < 1.29 is 4.79 Å². The van der Waals surface area contributed by atoms with E-state index in [9.17, 15) is 4.79 Å². The minimum absolute atomic E-state index is 0.166. The molecule has 0 heterocycles. The van der Waals surface area contributed by atoms with E-state index in [4.69, 9.17) is 0 Å². The average molecular weight is 208 g/mol. The number of hydrogen-bond acceptors (Lipinski definition) is 1. The molecule has 0 aromatic carbocycles. The Balaban J connectivity index is 1.82. The van der Waals surface area contributed by atoms with E-state index in [0.717, 1.165) is 18.8 Å². The van der Waals surface area contributed by atoms with E-state index < -0.39 is 0 Å². The zero-order chi connectivity index (χ0) is 11.3. The van der Waals surface area contributed by atoms with Crippen LogP contribution in [-0.2, 0) is 4.79 Å². The molecule has 0 N–H and O–H groups in total. The molecule has 3 fully saturated rings. The maximum Gasteiger partial charge on any atom is 0.139 e. The molecule has 1 nitrogen and oxygen atoms in total. The van der Waals surface area contributed by atoms with Gasteiger partial charge >= 0.3 is 0 Å². The molecule has 0 amide bonds. The third-order valence-corrected chi connectivity index (χ3v) is 4.84. The molecule has 0 aromatic heterocycles. The molecule has 0 saturated heterocycles. The summed E-state index contributed by atoms with van der Waals surface area (Å²) in [7, 11) is 0. The van der Waals surface area contributed by atoms with Gasteiger partial charge < -0.3 is 0 Å². The van der Waals surface area contributed by atoms with E-state index in [0.29, 0.717) is 17.1 Å². The molecule has 3 saturated carbocycles. The van der Waals surface area contributed by atoms with Crippen LogP contribution in [0.1, 0.15) is 59.8 Å². The Morgan fingerprint density at radius 3 is 2.07 bits per heavy atom. The number of carbonyl (C=O) groups excluding carboxylic acids is 1. The molecule has 3 rings (SSSR count). The molecule has 0 aromatic rings. The van der Waals surface area contributed by atoms with Crippen LogP contribution in [0.3, 0.4) is 0 Å². The summed E-state index contributed by atoms with van der Waals surface area (Å²) in [6.45, 7) is 9.01. The molecule has 0 radical (unpaired) electrons. The predicted molar refractivity (Wildman–Crippen MR) is 62.6 cm³/mol. The van der Waals surface area contributed by atoms with Crippen molar-refractivity contribution in [1.82, 2.24) is 0 Å². The molecule has 0 aliphatic heterocycles. The highest BCUT2D eigenvalue weighted by Crippen LogP contribution is 2.76. The van der Waals surface area contributed by atoms with Crippen molar-refractivity contribution in [1.29, 1.82) is 0 Å². The summed E-state index contributed by atoms with van der Waals surface area (Å²) in [6.07, 6.45) is 5.51. The van der Waals surface area contributed by atoms with Crippen LogP contribution in [0.4, 0.5) is 0 Å². The molecular formula is C14H24O. The topological polar surface area (TPSA) is 17.1 Å². The van der Waals surface area contributed by atoms with Gasteiger partial charge in [0.05, 0.1) is 0 Å². The molecule has 3 aliphatic rings. The second-order valence-electron chi connectivity index (χ2n) is 6.68. The zero-order valence-electron chi connectivity index (χ0n) is 10.6. The largest absolute Gasteiger partial charge is 0.299 e. The van der Waals surface area contributed by atoms with Crippen molar-refractivity contribution in [3.8, 4) is 0 Å². The van der Waals surface area contributed by atoms with Gasteiger partial charge in [-0.15, -0.1) is 0 Å². The Hall–Kier alpha value is -0.330. The predicted octanol–water partition coefficient (Wildman–Crippen LogP) is 3.82. The number of carbonyl (C=O) groups is 1. The van der Waals surface area contributed by atoms with E-state index >= 15 is 0 Å². The maximum absolute atomic E-state index is 12.1. The fraction of sp³-hybridized carbons (Fsp3) is 0.929. The molecule has 0 atom stereocenters. The Kier molecular flexibility index (Phi) is 2.48. The van der Waals surface area contributed by atoms with E-state index in [2.05, 4.69) is 27.7 Å². The lowest BCUT2D eigenvalue weighted by molar-refractivity contribution is -0.223. The highest BCUT2D eigenvalue weighted by atomic mass is 16.1. The summed E-state index contributed by atoms with van der Waals surface area (Å²) < 4.78 is 0. The van der Waals surface area contributed by atoms with Gasteiger partial charge in [-0.05, 0) is 42.9 Å². The number of rotatable bonds is 5. The van der Waals surface area contributed by atoms with E-state index in [-0.39, 0.29) is 5.41 Å². The summed E-state index contributed by atoms with van der Waals surface area (Å²) in [5.74, 6) is 2.01. The van der Waals surface area contributed by atoms with Crippen molar-refractivity contribution in [2.75, 3.05) is 0 Å². The molecule has 0 unspecified atom stereocenters. The minimum atomic E-state index is 0.166. The Labute approximate surface area is 93.6 Å². The summed E-state index contributed by atoms with van der Waals surface area (Å²) in [4.78, 5) is 12.1. The molecule has 1 heteroatoms. The number of ketones is 1. The normalized spacial score (nSPS) is 37.7. The van der Waals surface area contributed by atoms with Crippen molar-refractivity contribution >= 4 is 5.78 Å². The van der Waals surface area contributed by atoms with Crippen LogP contribution in [-0.4, -0.2) is 5.78 Å². The lowest BCUT2D eigenvalue weighted by Gasteiger charge is -2.72. The molecule has 3 aliphatic carbocycles. The Morgan fingerprint density at radius 1 is 1.13 bits per heavy atom. The maximum atomic E-state index is 12.1. The lowest BCUT2D eigenvalue weighted by Crippen LogP contribution is -2.67. The second kappa shape index (κ2) is 3.33. The van der Waals surface area contributed by atoms with Gasteiger partial charge in [0.15, 0.2) is 0 Å². The molecule has 2 bridgehead atoms. The van der Waals surface area contributed by atoms with Crippen LogP contribution < -0.4 is 0 Å². The van der Waals surface area contributed by atoms with Gasteiger partial charge in [0.25, 0.3) is 0 Å². The monoisotopic (exact) mass is 208 g/mol. The Morgan fingerprint density at radius 2 is 1.67 bits per heavy atom. The third-order valence-electron chi connectivity index (χ3n) is 4.84. The SMILES string of the molecule is CC(C)CCC(=O)C12CC(C(C)C)(C1)C2. The van der Waals surface area contributed by atoms with Crippen molar-refractivity contribution in [3.63, 3.8) is 0 Å². The van der Waals surface area contributed by atoms with E-state index in [1.807, 2.05) is 0 Å². The first-order chi connectivity index (χ1) is 6.90. The van der Waals surface area contributed by atoms with Gasteiger partial charge in [0, 0.05) is 11.8 Å². The van der Waals surface area contributed by atoms with Gasteiger partial charge in [0.1, 0.15) is 5.78 Å². The van der Waals surface area contributed by atoms with Crippen LogP contribution >= 0.6 is 0 Å². The summed E-state index contributed by atoms with van der Waals surface area (Å²) in [5.41, 5.74) is 0.743. The number of Topliss-reactive ketones (excluding diaryl/α,β-unsaturated/α-hetero) is 1. The van der Waals surface area contributed by atoms with E-state index in [1.165, 1.54) is 19.3 Å². The Bertz CT molecular complexity index is 255. The zero-order valence-corrected chi connectivity index (χ0v) is 10.6. The van der Waals surface area contributed by atoms with Crippen LogP contribution in [0.2, 0.25) is 0 Å². The lowest BCUT2D eigenvalue weighted by atomic mass is 9.31. The smallest absolute Gasteiger partial charge is 0.139 e. The first-order valence-electron chi connectivity index (χ1n) is 6.44. The highest BCUT2D eigenvalue weighted by molar-refractivity contribution is 5.88. The van der Waals surface area contributed by atoms with Gasteiger partial charge in [-0.1, -0.05) is 27.7 Å². The minimum Gasteiger partial charge on any atom is -0.299 e. The fourth-order valence-electron chi connectivity index (χ4n) is 3.46. The van der Waals surface area contributed by atoms with Crippen LogP contribution in [0.15, 0.2) is 0 Å². The van der Waals surface area contributed by atoms with Crippen LogP contribution in [0.5, 0.6) is 0 Å². The molecule has 0 spiro atoms. The molecular weight excluding hydrogens is 184 g/mol. The quantitative estimate of drug-likeness (QED) is 0.671. The van der Waals surface area contributed by atoms with Gasteiger partial charge in [-0.3, -0.25) is 4.79 Å². The second-order valence-corrected chi connectivity index (χ2v) is 6.68. The van der Waals surface area contributed by atoms with Crippen molar-refractivity contribution in [3.05, 3.63) is 0 Å². The standard InChI is InChI=1S/C14H24O/c1-10(2)5-6-12(15)14-7-13(8-14,9-14)11(3)4/h10-11H,5-9H2,1-4H3. The highest BCUT2D eigenvalue weighted by Gasteiger charge is 2.71. The fourth-order valence-corrected chi connectivity index (χ4v) is 3.46.